The number of carbonyl (C=O) groups is 1. The number of hydrogen-bond donors (Lipinski definition) is 2. The topological polar surface area (TPSA) is 84.5 Å². The fraction of sp³-hybridized carbons (Fsp3) is 0.611. The zero-order valence-electron chi connectivity index (χ0n) is 16.0. The summed E-state index contributed by atoms with van der Waals surface area (Å²) >= 11 is 0. The second-order valence-corrected chi connectivity index (χ2v) is 9.76. The van der Waals surface area contributed by atoms with E-state index in [2.05, 4.69) is 30.8 Å². The first-order valence-corrected chi connectivity index (χ1v) is 9.76. The van der Waals surface area contributed by atoms with Gasteiger partial charge in [-0.25, -0.2) is 13.1 Å². The average Bonchev–Trinajstić information content (AvgIpc) is 2.44. The second kappa shape index (κ2) is 8.29. The Morgan fingerprint density at radius 2 is 1.80 bits per heavy atom. The van der Waals surface area contributed by atoms with Gasteiger partial charge in [0.15, 0.2) is 0 Å². The monoisotopic (exact) mass is 370 g/mol. The zero-order chi connectivity index (χ0) is 19.3. The summed E-state index contributed by atoms with van der Waals surface area (Å²) in [6.45, 7) is 10.7. The lowest BCUT2D eigenvalue weighted by Gasteiger charge is -2.33. The number of hydrogen-bond acceptors (Lipinski definition) is 4. The summed E-state index contributed by atoms with van der Waals surface area (Å²) in [4.78, 5) is 12.6. The number of sulfonamides is 1. The number of nitrogens with one attached hydrogen (secondary N) is 2. The van der Waals surface area contributed by atoms with Crippen molar-refractivity contribution in [3.8, 4) is 0 Å². The lowest BCUT2D eigenvalue weighted by Crippen LogP contribution is -2.45. The number of benzene rings is 1. The third-order valence-corrected chi connectivity index (χ3v) is 4.89. The highest BCUT2D eigenvalue weighted by Crippen LogP contribution is 2.27. The van der Waals surface area contributed by atoms with E-state index in [0.29, 0.717) is 5.56 Å². The van der Waals surface area contributed by atoms with E-state index in [0.717, 1.165) is 6.42 Å². The molecule has 0 aliphatic rings. The van der Waals surface area contributed by atoms with Crippen LogP contribution in [-0.4, -0.2) is 40.1 Å². The predicted molar refractivity (Wildman–Crippen MR) is 99.1 cm³/mol. The molecule has 0 aliphatic carbocycles. The standard InChI is InChI=1S/C18H30N2O4S/c1-17(2,3)13-18(4,5)20-16(21)14-8-7-9-15(12-14)25(22,23)19-10-11-24-6/h7-9,12,19H,10-11,13H2,1-6H3,(H,20,21). The van der Waals surface area contributed by atoms with Gasteiger partial charge in [-0.2, -0.15) is 0 Å². The molecule has 0 saturated carbocycles. The van der Waals surface area contributed by atoms with Crippen LogP contribution in [0.15, 0.2) is 29.2 Å². The third-order valence-electron chi connectivity index (χ3n) is 3.43. The summed E-state index contributed by atoms with van der Waals surface area (Å²) in [6, 6.07) is 6.02. The Morgan fingerprint density at radius 3 is 2.36 bits per heavy atom. The normalized spacial score (nSPS) is 12.9. The number of carbonyl (C=O) groups excluding carboxylic acids is 1. The maximum absolute atomic E-state index is 12.5. The summed E-state index contributed by atoms with van der Waals surface area (Å²) in [5.41, 5.74) is -0.0228. The van der Waals surface area contributed by atoms with Crippen LogP contribution in [0, 0.1) is 5.41 Å². The predicted octanol–water partition coefficient (Wildman–Crippen LogP) is 2.56. The molecule has 1 aromatic rings. The van der Waals surface area contributed by atoms with E-state index in [1.165, 1.54) is 19.2 Å². The van der Waals surface area contributed by atoms with Crippen molar-refractivity contribution in [2.24, 2.45) is 5.41 Å². The zero-order valence-corrected chi connectivity index (χ0v) is 16.8. The molecule has 0 bridgehead atoms. The van der Waals surface area contributed by atoms with Crippen molar-refractivity contribution in [2.45, 2.75) is 51.5 Å². The molecule has 1 rings (SSSR count). The molecule has 2 N–H and O–H groups in total. The third kappa shape index (κ3) is 7.54. The molecule has 0 saturated heterocycles. The van der Waals surface area contributed by atoms with Crippen LogP contribution in [0.3, 0.4) is 0 Å². The molecule has 1 amide bonds. The molecular weight excluding hydrogens is 340 g/mol. The maximum Gasteiger partial charge on any atom is 0.251 e. The van der Waals surface area contributed by atoms with Crippen LogP contribution in [0.5, 0.6) is 0 Å². The highest BCUT2D eigenvalue weighted by atomic mass is 32.2. The number of amides is 1. The molecule has 7 heteroatoms. The van der Waals surface area contributed by atoms with Crippen molar-refractivity contribution in [3.63, 3.8) is 0 Å². The van der Waals surface area contributed by atoms with Gasteiger partial charge in [-0.05, 0) is 43.9 Å². The molecule has 0 heterocycles. The largest absolute Gasteiger partial charge is 0.383 e. The Labute approximate surface area is 151 Å². The molecule has 142 valence electrons. The van der Waals surface area contributed by atoms with Crippen molar-refractivity contribution in [1.29, 1.82) is 0 Å². The van der Waals surface area contributed by atoms with Gasteiger partial charge >= 0.3 is 0 Å². The highest BCUT2D eigenvalue weighted by Gasteiger charge is 2.27. The average molecular weight is 371 g/mol. The minimum atomic E-state index is -3.67. The summed E-state index contributed by atoms with van der Waals surface area (Å²) in [5.74, 6) is -0.289. The Hall–Kier alpha value is -1.44. The summed E-state index contributed by atoms with van der Waals surface area (Å²) in [7, 11) is -2.17. The van der Waals surface area contributed by atoms with Crippen LogP contribution in [0.1, 0.15) is 51.4 Å². The Balaban J connectivity index is 2.92. The molecule has 0 radical (unpaired) electrons. The molecule has 0 fully saturated rings. The van der Waals surface area contributed by atoms with Crippen LogP contribution in [0.2, 0.25) is 0 Å². The summed E-state index contributed by atoms with van der Waals surface area (Å²) < 4.78 is 31.8. The van der Waals surface area contributed by atoms with E-state index in [9.17, 15) is 13.2 Å². The van der Waals surface area contributed by atoms with Crippen LogP contribution in [0.4, 0.5) is 0 Å². The molecule has 0 aromatic heterocycles. The van der Waals surface area contributed by atoms with Crippen molar-refractivity contribution in [2.75, 3.05) is 20.3 Å². The SMILES string of the molecule is COCCNS(=O)(=O)c1cccc(C(=O)NC(C)(C)CC(C)(C)C)c1. The molecule has 0 spiro atoms. The van der Waals surface area contributed by atoms with Gasteiger partial charge < -0.3 is 10.1 Å². The van der Waals surface area contributed by atoms with E-state index < -0.39 is 15.6 Å². The number of rotatable bonds is 8. The van der Waals surface area contributed by atoms with E-state index in [4.69, 9.17) is 4.74 Å². The second-order valence-electron chi connectivity index (χ2n) is 7.99. The van der Waals surface area contributed by atoms with E-state index in [1.54, 1.807) is 12.1 Å². The van der Waals surface area contributed by atoms with Gasteiger partial charge in [-0.1, -0.05) is 26.8 Å². The van der Waals surface area contributed by atoms with Gasteiger partial charge in [0, 0.05) is 24.8 Å². The summed E-state index contributed by atoms with van der Waals surface area (Å²) in [5, 5.41) is 2.99. The van der Waals surface area contributed by atoms with Crippen molar-refractivity contribution >= 4 is 15.9 Å². The van der Waals surface area contributed by atoms with Crippen LogP contribution >= 0.6 is 0 Å². The Kier molecular flexibility index (Phi) is 7.17. The Bertz CT molecular complexity index is 691. The smallest absolute Gasteiger partial charge is 0.251 e. The van der Waals surface area contributed by atoms with Gasteiger partial charge in [0.05, 0.1) is 11.5 Å². The van der Waals surface area contributed by atoms with Gasteiger partial charge in [0.1, 0.15) is 0 Å². The number of ether oxygens (including phenoxy) is 1. The highest BCUT2D eigenvalue weighted by molar-refractivity contribution is 7.89. The van der Waals surface area contributed by atoms with Crippen molar-refractivity contribution in [3.05, 3.63) is 29.8 Å². The minimum absolute atomic E-state index is 0.0601. The van der Waals surface area contributed by atoms with Crippen LogP contribution < -0.4 is 10.0 Å². The first-order valence-electron chi connectivity index (χ1n) is 8.27. The lowest BCUT2D eigenvalue weighted by atomic mass is 9.81. The quantitative estimate of drug-likeness (QED) is 0.689. The van der Waals surface area contributed by atoms with Crippen LogP contribution in [0.25, 0.3) is 0 Å². The van der Waals surface area contributed by atoms with E-state index >= 15 is 0 Å². The molecule has 6 nitrogen and oxygen atoms in total. The molecule has 25 heavy (non-hydrogen) atoms. The molecule has 1 aromatic carbocycles. The first kappa shape index (κ1) is 21.6. The minimum Gasteiger partial charge on any atom is -0.383 e. The first-order chi connectivity index (χ1) is 11.4. The molecule has 0 unspecified atom stereocenters. The Morgan fingerprint density at radius 1 is 1.16 bits per heavy atom. The fourth-order valence-electron chi connectivity index (χ4n) is 2.92. The van der Waals surface area contributed by atoms with Crippen molar-refractivity contribution < 1.29 is 17.9 Å². The molecular formula is C18H30N2O4S. The fourth-order valence-corrected chi connectivity index (χ4v) is 3.97. The molecule has 0 atom stereocenters. The van der Waals surface area contributed by atoms with Gasteiger partial charge in [0.2, 0.25) is 10.0 Å². The van der Waals surface area contributed by atoms with E-state index in [-0.39, 0.29) is 29.4 Å². The lowest BCUT2D eigenvalue weighted by molar-refractivity contribution is 0.0891. The van der Waals surface area contributed by atoms with Gasteiger partial charge in [-0.3, -0.25) is 4.79 Å². The summed E-state index contributed by atoms with van der Waals surface area (Å²) in [6.07, 6.45) is 0.794. The molecule has 0 aliphatic heterocycles. The van der Waals surface area contributed by atoms with Gasteiger partial charge in [0.25, 0.3) is 5.91 Å². The maximum atomic E-state index is 12.5. The van der Waals surface area contributed by atoms with E-state index in [1.807, 2.05) is 13.8 Å². The number of methoxy groups -OCH3 is 1. The van der Waals surface area contributed by atoms with Crippen molar-refractivity contribution in [1.82, 2.24) is 10.0 Å². The van der Waals surface area contributed by atoms with Gasteiger partial charge in [-0.15, -0.1) is 0 Å². The van der Waals surface area contributed by atoms with Crippen LogP contribution in [-0.2, 0) is 14.8 Å².